The summed E-state index contributed by atoms with van der Waals surface area (Å²) in [5.41, 5.74) is 2.10. The SMILES string of the molecule is CS(=O)(=O)c1ccc(SCc2ccc(C(=O)NN)s2)cc1. The average molecular weight is 342 g/mol. The summed E-state index contributed by atoms with van der Waals surface area (Å²) in [6.45, 7) is 0. The second-order valence-corrected chi connectivity index (χ2v) is 8.50. The molecule has 0 radical (unpaired) electrons. The van der Waals surface area contributed by atoms with E-state index in [1.165, 1.54) is 17.6 Å². The molecule has 112 valence electrons. The molecule has 0 saturated carbocycles. The van der Waals surface area contributed by atoms with Crippen LogP contribution in [0.25, 0.3) is 0 Å². The molecule has 0 atom stereocenters. The van der Waals surface area contributed by atoms with Crippen LogP contribution in [0.3, 0.4) is 0 Å². The Labute approximate surface area is 131 Å². The number of carbonyl (C=O) groups excluding carboxylic acids is 1. The van der Waals surface area contributed by atoms with E-state index >= 15 is 0 Å². The summed E-state index contributed by atoms with van der Waals surface area (Å²) in [6.07, 6.45) is 1.19. The van der Waals surface area contributed by atoms with Gasteiger partial charge < -0.3 is 0 Å². The maximum atomic E-state index is 11.4. The van der Waals surface area contributed by atoms with Crippen LogP contribution in [0, 0.1) is 0 Å². The van der Waals surface area contributed by atoms with E-state index in [0.717, 1.165) is 9.77 Å². The number of thioether (sulfide) groups is 1. The van der Waals surface area contributed by atoms with Gasteiger partial charge in [-0.25, -0.2) is 14.3 Å². The lowest BCUT2D eigenvalue weighted by Crippen LogP contribution is -2.29. The number of benzene rings is 1. The molecule has 0 aliphatic carbocycles. The topological polar surface area (TPSA) is 89.3 Å². The van der Waals surface area contributed by atoms with Crippen LogP contribution in [-0.4, -0.2) is 20.6 Å². The van der Waals surface area contributed by atoms with Crippen molar-refractivity contribution in [3.05, 3.63) is 46.2 Å². The summed E-state index contributed by atoms with van der Waals surface area (Å²) in [4.78, 5) is 14.2. The molecule has 0 spiro atoms. The third kappa shape index (κ3) is 4.31. The monoisotopic (exact) mass is 342 g/mol. The van der Waals surface area contributed by atoms with Gasteiger partial charge in [0.15, 0.2) is 9.84 Å². The Balaban J connectivity index is 2.00. The van der Waals surface area contributed by atoms with Gasteiger partial charge >= 0.3 is 0 Å². The van der Waals surface area contributed by atoms with Gasteiger partial charge in [-0.3, -0.25) is 10.2 Å². The van der Waals surface area contributed by atoms with Gasteiger partial charge in [-0.15, -0.1) is 23.1 Å². The third-order valence-electron chi connectivity index (χ3n) is 2.65. The van der Waals surface area contributed by atoms with Crippen molar-refractivity contribution < 1.29 is 13.2 Å². The first kappa shape index (κ1) is 16.0. The quantitative estimate of drug-likeness (QED) is 0.376. The molecule has 1 aromatic carbocycles. The number of amides is 1. The van der Waals surface area contributed by atoms with Crippen LogP contribution >= 0.6 is 23.1 Å². The van der Waals surface area contributed by atoms with E-state index < -0.39 is 9.84 Å². The smallest absolute Gasteiger partial charge is 0.275 e. The second-order valence-electron chi connectivity index (χ2n) is 4.27. The molecule has 1 heterocycles. The minimum Gasteiger partial charge on any atom is -0.289 e. The molecule has 1 amide bonds. The molecule has 2 aromatic rings. The average Bonchev–Trinajstić information content (AvgIpc) is 2.92. The molecule has 0 saturated heterocycles. The summed E-state index contributed by atoms with van der Waals surface area (Å²) in [5.74, 6) is 5.49. The van der Waals surface area contributed by atoms with Crippen molar-refractivity contribution in [3.8, 4) is 0 Å². The Bertz CT molecular complexity index is 736. The van der Waals surface area contributed by atoms with Crippen LogP contribution in [0.2, 0.25) is 0 Å². The van der Waals surface area contributed by atoms with Gasteiger partial charge in [-0.05, 0) is 36.4 Å². The molecule has 3 N–H and O–H groups in total. The van der Waals surface area contributed by atoms with E-state index in [4.69, 9.17) is 5.84 Å². The number of carbonyl (C=O) groups is 1. The van der Waals surface area contributed by atoms with Crippen molar-refractivity contribution in [1.29, 1.82) is 0 Å². The Morgan fingerprint density at radius 3 is 2.48 bits per heavy atom. The van der Waals surface area contributed by atoms with Crippen molar-refractivity contribution in [2.45, 2.75) is 15.5 Å². The van der Waals surface area contributed by atoms with Gasteiger partial charge in [0.25, 0.3) is 5.91 Å². The zero-order valence-corrected chi connectivity index (χ0v) is 13.6. The number of rotatable bonds is 5. The first-order valence-electron chi connectivity index (χ1n) is 5.93. The molecule has 8 heteroatoms. The van der Waals surface area contributed by atoms with E-state index in [9.17, 15) is 13.2 Å². The van der Waals surface area contributed by atoms with Crippen molar-refractivity contribution in [1.82, 2.24) is 5.43 Å². The maximum Gasteiger partial charge on any atom is 0.275 e. The van der Waals surface area contributed by atoms with Gasteiger partial charge in [-0.2, -0.15) is 0 Å². The van der Waals surface area contributed by atoms with Crippen LogP contribution in [0.4, 0.5) is 0 Å². The number of sulfone groups is 1. The number of nitrogen functional groups attached to an aromatic ring is 1. The Kier molecular flexibility index (Phi) is 5.04. The van der Waals surface area contributed by atoms with Gasteiger partial charge in [0.2, 0.25) is 0 Å². The molecule has 0 bridgehead atoms. The van der Waals surface area contributed by atoms with E-state index in [1.54, 1.807) is 42.1 Å². The molecule has 0 aliphatic rings. The molecule has 0 fully saturated rings. The van der Waals surface area contributed by atoms with Crippen molar-refractivity contribution in [2.75, 3.05) is 6.26 Å². The van der Waals surface area contributed by atoms with Crippen LogP contribution in [0.5, 0.6) is 0 Å². The van der Waals surface area contributed by atoms with E-state index in [1.807, 2.05) is 6.07 Å². The largest absolute Gasteiger partial charge is 0.289 e. The predicted octanol–water partition coefficient (Wildman–Crippen LogP) is 2.05. The number of nitrogens with two attached hydrogens (primary N) is 1. The molecular formula is C13H14N2O3S3. The first-order valence-corrected chi connectivity index (χ1v) is 9.62. The van der Waals surface area contributed by atoms with E-state index in [-0.39, 0.29) is 5.91 Å². The number of hydrazine groups is 1. The third-order valence-corrected chi connectivity index (χ3v) is 6.11. The molecule has 5 nitrogen and oxygen atoms in total. The van der Waals surface area contributed by atoms with Crippen molar-refractivity contribution in [3.63, 3.8) is 0 Å². The van der Waals surface area contributed by atoms with Gasteiger partial charge in [0.1, 0.15) is 0 Å². The van der Waals surface area contributed by atoms with Gasteiger partial charge in [0.05, 0.1) is 9.77 Å². The van der Waals surface area contributed by atoms with Crippen LogP contribution in [0.1, 0.15) is 14.5 Å². The minimum absolute atomic E-state index is 0.297. The highest BCUT2D eigenvalue weighted by molar-refractivity contribution is 7.98. The Hall–Kier alpha value is -1.35. The van der Waals surface area contributed by atoms with E-state index in [0.29, 0.717) is 15.5 Å². The predicted molar refractivity (Wildman–Crippen MR) is 85.1 cm³/mol. The second kappa shape index (κ2) is 6.61. The molecule has 2 rings (SSSR count). The van der Waals surface area contributed by atoms with Crippen molar-refractivity contribution >= 4 is 38.8 Å². The molecule has 0 aliphatic heterocycles. The summed E-state index contributed by atoms with van der Waals surface area (Å²) in [7, 11) is -3.16. The number of thiophene rings is 1. The lowest BCUT2D eigenvalue weighted by molar-refractivity contribution is 0.0957. The fourth-order valence-electron chi connectivity index (χ4n) is 1.59. The standard InChI is InChI=1S/C13H14N2O3S3/c1-21(17,18)11-5-2-9(3-6-11)19-8-10-4-7-12(20-10)13(16)15-14/h2-7H,8,14H2,1H3,(H,15,16). The number of nitrogens with one attached hydrogen (secondary N) is 1. The molecular weight excluding hydrogens is 328 g/mol. The van der Waals surface area contributed by atoms with Gasteiger partial charge in [0, 0.05) is 21.8 Å². The fraction of sp³-hybridized carbons (Fsp3) is 0.154. The lowest BCUT2D eigenvalue weighted by Gasteiger charge is -2.02. The fourth-order valence-corrected chi connectivity index (χ4v) is 4.07. The van der Waals surface area contributed by atoms with Crippen LogP contribution in [0.15, 0.2) is 46.2 Å². The maximum absolute atomic E-state index is 11.4. The Morgan fingerprint density at radius 2 is 1.90 bits per heavy atom. The normalized spacial score (nSPS) is 11.3. The minimum atomic E-state index is -3.16. The highest BCUT2D eigenvalue weighted by atomic mass is 32.2. The van der Waals surface area contributed by atoms with Crippen LogP contribution in [-0.2, 0) is 15.6 Å². The summed E-state index contributed by atoms with van der Waals surface area (Å²) in [5, 5.41) is 0. The zero-order valence-electron chi connectivity index (χ0n) is 11.2. The van der Waals surface area contributed by atoms with Crippen LogP contribution < -0.4 is 11.3 Å². The highest BCUT2D eigenvalue weighted by Gasteiger charge is 2.09. The molecule has 1 aromatic heterocycles. The summed E-state index contributed by atoms with van der Waals surface area (Å²) < 4.78 is 22.7. The zero-order chi connectivity index (χ0) is 15.5. The molecule has 21 heavy (non-hydrogen) atoms. The summed E-state index contributed by atoms with van der Waals surface area (Å²) in [6, 6.07) is 10.4. The number of hydrogen-bond acceptors (Lipinski definition) is 6. The highest BCUT2D eigenvalue weighted by Crippen LogP contribution is 2.27. The van der Waals surface area contributed by atoms with Crippen molar-refractivity contribution in [2.24, 2.45) is 5.84 Å². The lowest BCUT2D eigenvalue weighted by atomic mass is 10.4. The Morgan fingerprint density at radius 1 is 1.24 bits per heavy atom. The summed E-state index contributed by atoms with van der Waals surface area (Å²) >= 11 is 2.96. The van der Waals surface area contributed by atoms with E-state index in [2.05, 4.69) is 5.43 Å². The number of hydrogen-bond donors (Lipinski definition) is 2. The van der Waals surface area contributed by atoms with Gasteiger partial charge in [-0.1, -0.05) is 0 Å². The first-order chi connectivity index (χ1) is 9.90. The molecule has 0 unspecified atom stereocenters.